The van der Waals surface area contributed by atoms with Gasteiger partial charge in [0.2, 0.25) is 0 Å². The zero-order valence-electron chi connectivity index (χ0n) is 8.15. The Labute approximate surface area is 90.5 Å². The van der Waals surface area contributed by atoms with E-state index in [0.29, 0.717) is 0 Å². The summed E-state index contributed by atoms with van der Waals surface area (Å²) in [7, 11) is 0. The Morgan fingerprint density at radius 3 is 2.62 bits per heavy atom. The Kier molecular flexibility index (Phi) is 2.68. The van der Waals surface area contributed by atoms with E-state index in [1.165, 1.54) is 30.5 Å². The number of ether oxygens (including phenoxy) is 1. The summed E-state index contributed by atoms with van der Waals surface area (Å²) in [5.74, 6) is -1.29. The van der Waals surface area contributed by atoms with Crippen molar-refractivity contribution < 1.29 is 13.5 Å². The summed E-state index contributed by atoms with van der Waals surface area (Å²) in [6.45, 7) is 0. The number of halogens is 2. The third-order valence-corrected chi connectivity index (χ3v) is 1.91. The van der Waals surface area contributed by atoms with Gasteiger partial charge in [-0.3, -0.25) is 0 Å². The van der Waals surface area contributed by atoms with Gasteiger partial charge in [-0.1, -0.05) is 0 Å². The van der Waals surface area contributed by atoms with Crippen LogP contribution in [0, 0.1) is 11.6 Å². The third kappa shape index (κ3) is 2.08. The summed E-state index contributed by atoms with van der Waals surface area (Å²) in [6.07, 6.45) is 1.38. The first-order valence-electron chi connectivity index (χ1n) is 4.50. The van der Waals surface area contributed by atoms with Gasteiger partial charge >= 0.3 is 0 Å². The quantitative estimate of drug-likeness (QED) is 0.795. The van der Waals surface area contributed by atoms with Crippen LogP contribution in [0.2, 0.25) is 0 Å². The molecule has 0 atom stereocenters. The lowest BCUT2D eigenvalue weighted by molar-refractivity contribution is 0.420. The second-order valence-corrected chi connectivity index (χ2v) is 3.08. The van der Waals surface area contributed by atoms with Crippen LogP contribution < -0.4 is 10.5 Å². The maximum atomic E-state index is 13.1. The van der Waals surface area contributed by atoms with Gasteiger partial charge in [0.25, 0.3) is 5.88 Å². The number of nitrogens with zero attached hydrogens (tertiary/aromatic N) is 1. The molecule has 0 bridgehead atoms. The second kappa shape index (κ2) is 4.14. The molecule has 2 N–H and O–H groups in total. The molecule has 1 aromatic carbocycles. The van der Waals surface area contributed by atoms with E-state index in [9.17, 15) is 8.78 Å². The van der Waals surface area contributed by atoms with Gasteiger partial charge in [-0.25, -0.2) is 13.8 Å². The highest BCUT2D eigenvalue weighted by atomic mass is 19.1. The SMILES string of the molecule is Nc1ccc(Oc2ncccc2F)cc1F. The van der Waals surface area contributed by atoms with Crippen LogP contribution >= 0.6 is 0 Å². The van der Waals surface area contributed by atoms with Crippen molar-refractivity contribution >= 4 is 5.69 Å². The normalized spacial score (nSPS) is 10.1. The van der Waals surface area contributed by atoms with Crippen LogP contribution in [-0.2, 0) is 0 Å². The van der Waals surface area contributed by atoms with E-state index in [-0.39, 0.29) is 17.3 Å². The van der Waals surface area contributed by atoms with E-state index in [0.717, 1.165) is 6.07 Å². The lowest BCUT2D eigenvalue weighted by Crippen LogP contribution is -1.94. The summed E-state index contributed by atoms with van der Waals surface area (Å²) in [4.78, 5) is 3.67. The minimum Gasteiger partial charge on any atom is -0.436 e. The number of hydrogen-bond donors (Lipinski definition) is 1. The van der Waals surface area contributed by atoms with Crippen molar-refractivity contribution in [2.24, 2.45) is 0 Å². The fourth-order valence-corrected chi connectivity index (χ4v) is 1.13. The molecule has 0 radical (unpaired) electrons. The first-order valence-corrected chi connectivity index (χ1v) is 4.50. The Balaban J connectivity index is 2.28. The molecule has 16 heavy (non-hydrogen) atoms. The van der Waals surface area contributed by atoms with Crippen LogP contribution in [0.15, 0.2) is 36.5 Å². The van der Waals surface area contributed by atoms with Gasteiger partial charge in [-0.15, -0.1) is 0 Å². The van der Waals surface area contributed by atoms with Gasteiger partial charge in [-0.2, -0.15) is 0 Å². The van der Waals surface area contributed by atoms with E-state index in [4.69, 9.17) is 10.5 Å². The molecule has 0 aliphatic heterocycles. The molecule has 0 amide bonds. The zero-order chi connectivity index (χ0) is 11.5. The van der Waals surface area contributed by atoms with E-state index >= 15 is 0 Å². The number of nitrogens with two attached hydrogens (primary N) is 1. The molecule has 1 aromatic heterocycles. The van der Waals surface area contributed by atoms with Crippen molar-refractivity contribution in [2.45, 2.75) is 0 Å². The molecule has 0 saturated heterocycles. The molecule has 82 valence electrons. The summed E-state index contributed by atoms with van der Waals surface area (Å²) < 4.78 is 31.3. The Hall–Kier alpha value is -2.17. The highest BCUT2D eigenvalue weighted by Gasteiger charge is 2.06. The maximum absolute atomic E-state index is 13.1. The topological polar surface area (TPSA) is 48.1 Å². The number of benzene rings is 1. The van der Waals surface area contributed by atoms with Crippen molar-refractivity contribution in [1.82, 2.24) is 4.98 Å². The van der Waals surface area contributed by atoms with Crippen LogP contribution in [0.5, 0.6) is 11.6 Å². The maximum Gasteiger partial charge on any atom is 0.255 e. The van der Waals surface area contributed by atoms with Crippen LogP contribution in [0.3, 0.4) is 0 Å². The molecule has 1 heterocycles. The van der Waals surface area contributed by atoms with E-state index in [2.05, 4.69) is 4.98 Å². The van der Waals surface area contributed by atoms with Crippen LogP contribution in [0.1, 0.15) is 0 Å². The zero-order valence-corrected chi connectivity index (χ0v) is 8.15. The van der Waals surface area contributed by atoms with Crippen LogP contribution in [0.4, 0.5) is 14.5 Å². The van der Waals surface area contributed by atoms with Gasteiger partial charge in [0.15, 0.2) is 5.82 Å². The molecule has 0 saturated carbocycles. The number of aromatic nitrogens is 1. The van der Waals surface area contributed by atoms with E-state index in [1.807, 2.05) is 0 Å². The van der Waals surface area contributed by atoms with Crippen molar-refractivity contribution in [3.05, 3.63) is 48.2 Å². The largest absolute Gasteiger partial charge is 0.436 e. The smallest absolute Gasteiger partial charge is 0.255 e. The lowest BCUT2D eigenvalue weighted by atomic mass is 10.3. The predicted molar refractivity (Wildman–Crippen MR) is 55.1 cm³/mol. The standard InChI is InChI=1S/C11H8F2N2O/c12-8-2-1-5-15-11(8)16-7-3-4-10(14)9(13)6-7/h1-6H,14H2. The van der Waals surface area contributed by atoms with Gasteiger partial charge in [-0.05, 0) is 24.3 Å². The molecule has 0 spiro atoms. The Bertz CT molecular complexity index is 517. The number of rotatable bonds is 2. The number of pyridine rings is 1. The Morgan fingerprint density at radius 1 is 1.12 bits per heavy atom. The van der Waals surface area contributed by atoms with Gasteiger partial charge in [0.1, 0.15) is 11.6 Å². The van der Waals surface area contributed by atoms with Gasteiger partial charge in [0.05, 0.1) is 5.69 Å². The van der Waals surface area contributed by atoms with Crippen LogP contribution in [-0.4, -0.2) is 4.98 Å². The molecular formula is C11H8F2N2O. The van der Waals surface area contributed by atoms with Gasteiger partial charge in [0, 0.05) is 12.3 Å². The molecule has 0 aliphatic rings. The second-order valence-electron chi connectivity index (χ2n) is 3.08. The predicted octanol–water partition coefficient (Wildman–Crippen LogP) is 2.73. The summed E-state index contributed by atoms with van der Waals surface area (Å²) in [6, 6.07) is 6.49. The number of anilines is 1. The summed E-state index contributed by atoms with van der Waals surface area (Å²) in [5.41, 5.74) is 5.30. The lowest BCUT2D eigenvalue weighted by Gasteiger charge is -2.05. The first kappa shape index (κ1) is 10.4. The van der Waals surface area contributed by atoms with E-state index < -0.39 is 11.6 Å². The first-order chi connectivity index (χ1) is 7.66. The fraction of sp³-hybridized carbons (Fsp3) is 0. The highest BCUT2D eigenvalue weighted by Crippen LogP contribution is 2.24. The fourth-order valence-electron chi connectivity index (χ4n) is 1.13. The third-order valence-electron chi connectivity index (χ3n) is 1.91. The van der Waals surface area contributed by atoms with E-state index in [1.54, 1.807) is 0 Å². The van der Waals surface area contributed by atoms with Crippen molar-refractivity contribution in [3.63, 3.8) is 0 Å². The monoisotopic (exact) mass is 222 g/mol. The average Bonchev–Trinajstić information content (AvgIpc) is 2.27. The minimum atomic E-state index is -0.617. The molecule has 0 aliphatic carbocycles. The molecule has 0 unspecified atom stereocenters. The molecular weight excluding hydrogens is 214 g/mol. The summed E-state index contributed by atoms with van der Waals surface area (Å²) >= 11 is 0. The number of hydrogen-bond acceptors (Lipinski definition) is 3. The van der Waals surface area contributed by atoms with Crippen molar-refractivity contribution in [3.8, 4) is 11.6 Å². The van der Waals surface area contributed by atoms with Crippen molar-refractivity contribution in [2.75, 3.05) is 5.73 Å². The summed E-state index contributed by atoms with van der Waals surface area (Å²) in [5, 5.41) is 0. The number of nitrogen functional groups attached to an aromatic ring is 1. The Morgan fingerprint density at radius 2 is 1.94 bits per heavy atom. The minimum absolute atomic E-state index is 0.00819. The molecule has 3 nitrogen and oxygen atoms in total. The molecule has 2 rings (SSSR count). The molecule has 0 fully saturated rings. The van der Waals surface area contributed by atoms with Crippen LogP contribution in [0.25, 0.3) is 0 Å². The van der Waals surface area contributed by atoms with Crippen molar-refractivity contribution in [1.29, 1.82) is 0 Å². The highest BCUT2D eigenvalue weighted by molar-refractivity contribution is 5.44. The van der Waals surface area contributed by atoms with Gasteiger partial charge < -0.3 is 10.5 Å². The average molecular weight is 222 g/mol. The molecule has 5 heteroatoms. The molecule has 2 aromatic rings.